The molecule has 2 unspecified atom stereocenters. The minimum absolute atomic E-state index is 0.0780. The highest BCUT2D eigenvalue weighted by Gasteiger charge is 2.44. The van der Waals surface area contributed by atoms with Crippen molar-refractivity contribution >= 4 is 59.6 Å². The summed E-state index contributed by atoms with van der Waals surface area (Å²) in [6.45, 7) is 10.7. The summed E-state index contributed by atoms with van der Waals surface area (Å²) in [5.41, 5.74) is 0.294. The molecule has 1 saturated heterocycles. The van der Waals surface area contributed by atoms with Gasteiger partial charge in [0.15, 0.2) is 16.4 Å². The summed E-state index contributed by atoms with van der Waals surface area (Å²) >= 11 is 0. The number of benzene rings is 3. The van der Waals surface area contributed by atoms with E-state index in [0.717, 1.165) is 4.31 Å². The Morgan fingerprint density at radius 1 is 0.836 bits per heavy atom. The molecular weight excluding hydrogens is 931 g/mol. The molecule has 3 aromatic rings. The Kier molecular flexibility index (Phi) is 13.5. The molecule has 4 aliphatic rings. The van der Waals surface area contributed by atoms with Crippen LogP contribution in [0, 0.1) is 5.41 Å². The molecule has 3 aliphatic heterocycles. The number of rotatable bonds is 16. The number of fused-ring (bicyclic) bond motifs is 4. The molecule has 18 nitrogen and oxygen atoms in total. The van der Waals surface area contributed by atoms with Crippen LogP contribution >= 0.6 is 0 Å². The Balaban J connectivity index is 1.45. The van der Waals surface area contributed by atoms with Crippen molar-refractivity contribution in [2.45, 2.75) is 133 Å². The van der Waals surface area contributed by atoms with E-state index in [2.05, 4.69) is 0 Å². The van der Waals surface area contributed by atoms with Crippen molar-refractivity contribution in [3.05, 3.63) is 80.4 Å². The smallest absolute Gasteiger partial charge is 0.336 e. The normalized spacial score (nSPS) is 19.8. The van der Waals surface area contributed by atoms with Gasteiger partial charge in [-0.05, 0) is 110 Å². The molecule has 21 heteroatoms. The number of nitrogens with zero attached hydrogens (tertiary/aromatic N) is 3. The summed E-state index contributed by atoms with van der Waals surface area (Å²) < 4.78 is 111. The van der Waals surface area contributed by atoms with Crippen LogP contribution in [0.5, 0.6) is 11.5 Å². The third-order valence-electron chi connectivity index (χ3n) is 12.7. The number of hydroxylamine groups is 2. The van der Waals surface area contributed by atoms with E-state index in [-0.39, 0.29) is 113 Å². The van der Waals surface area contributed by atoms with Gasteiger partial charge in [-0.15, -0.1) is 5.06 Å². The second-order valence-corrected chi connectivity index (χ2v) is 24.2. The van der Waals surface area contributed by atoms with Crippen molar-refractivity contribution in [3.63, 3.8) is 0 Å². The number of carbonyl (C=O) groups is 4. The van der Waals surface area contributed by atoms with Crippen LogP contribution in [-0.2, 0) is 55.9 Å². The number of carboxylic acids is 1. The molecule has 362 valence electrons. The first kappa shape index (κ1) is 49.8. The molecular formula is C46H55N3O15S3. The first-order valence-corrected chi connectivity index (χ1v) is 26.6. The maximum absolute atomic E-state index is 15.8. The van der Waals surface area contributed by atoms with E-state index in [1.807, 2.05) is 27.7 Å². The quantitative estimate of drug-likeness (QED) is 0.0720. The number of hydrogen-bond donors (Lipinski definition) is 3. The molecule has 7 rings (SSSR count). The lowest BCUT2D eigenvalue weighted by Gasteiger charge is -2.39. The molecule has 3 N–H and O–H groups in total. The fraction of sp³-hybridized carbons (Fsp3) is 0.500. The molecule has 0 spiro atoms. The Bertz CT molecular complexity index is 3060. The second kappa shape index (κ2) is 18.1. The molecule has 67 heavy (non-hydrogen) atoms. The minimum atomic E-state index is -5.22. The summed E-state index contributed by atoms with van der Waals surface area (Å²) in [4.78, 5) is 58.1. The Morgan fingerprint density at radius 3 is 2.12 bits per heavy atom. The van der Waals surface area contributed by atoms with Gasteiger partial charge in [0.2, 0.25) is 10.0 Å². The van der Waals surface area contributed by atoms with Crippen molar-refractivity contribution < 1.29 is 68.2 Å². The zero-order valence-electron chi connectivity index (χ0n) is 38.1. The summed E-state index contributed by atoms with van der Waals surface area (Å²) in [5.74, 6) is -5.62. The van der Waals surface area contributed by atoms with Gasteiger partial charge in [0, 0.05) is 48.7 Å². The van der Waals surface area contributed by atoms with Gasteiger partial charge in [0.05, 0.1) is 22.2 Å². The van der Waals surface area contributed by atoms with Crippen molar-refractivity contribution in [1.82, 2.24) is 9.37 Å². The van der Waals surface area contributed by atoms with Gasteiger partial charge < -0.3 is 14.7 Å². The van der Waals surface area contributed by atoms with Crippen LogP contribution < -0.4 is 15.3 Å². The van der Waals surface area contributed by atoms with Crippen molar-refractivity contribution in [1.29, 1.82) is 0 Å². The van der Waals surface area contributed by atoms with E-state index in [1.165, 1.54) is 18.2 Å². The minimum Gasteiger partial charge on any atom is -0.478 e. The van der Waals surface area contributed by atoms with E-state index in [1.54, 1.807) is 32.0 Å². The van der Waals surface area contributed by atoms with Crippen LogP contribution in [0.2, 0.25) is 0 Å². The summed E-state index contributed by atoms with van der Waals surface area (Å²) in [5, 5.41) is 11.0. The van der Waals surface area contributed by atoms with Gasteiger partial charge in [0.25, 0.3) is 32.1 Å². The average Bonchev–Trinajstić information content (AvgIpc) is 3.51. The van der Waals surface area contributed by atoms with Gasteiger partial charge in [-0.2, -0.15) is 21.1 Å². The van der Waals surface area contributed by atoms with Crippen LogP contribution in [0.3, 0.4) is 0 Å². The molecule has 0 radical (unpaired) electrons. The van der Waals surface area contributed by atoms with E-state index >= 15 is 8.42 Å². The van der Waals surface area contributed by atoms with Crippen LogP contribution in [0.4, 0.5) is 0 Å². The molecule has 2 atom stereocenters. The monoisotopic (exact) mass is 985 g/mol. The fourth-order valence-corrected chi connectivity index (χ4v) is 13.3. The third-order valence-corrected chi connectivity index (χ3v) is 16.4. The molecule has 1 fully saturated rings. The maximum Gasteiger partial charge on any atom is 0.336 e. The van der Waals surface area contributed by atoms with E-state index < -0.39 is 87.9 Å². The van der Waals surface area contributed by atoms with E-state index in [0.29, 0.717) is 34.6 Å². The largest absolute Gasteiger partial charge is 0.478 e. The Labute approximate surface area is 389 Å². The predicted molar refractivity (Wildman–Crippen MR) is 242 cm³/mol. The standard InChI is InChI=1S/C46H55N3O15S3/c1-26-23-45(3,4)25-34-30(26)21-32-38(28-13-9-10-14-29(28)44(53)54)33-22-31-27(2)24-46(5,6)47-39(31)43(67(60,61)62)41(33)63-40(32)42(34)66(58,59)48(19-12-20-65(55,56)57)18-11-7-8-15-37(52)64-49-35(50)16-17-36(49)51/h9-10,13-14,21-22,26-27H,7-8,11-12,15-20,23-25H2,1-6H3,(H,53,54)(H,55,56,57)(H,60,61,62). The SMILES string of the molecule is CC1CC(C)(C)Cc2c1cc1c(c2S(=O)(=O)N(CCCCCC(=O)ON2C(=O)CCC2=O)CCCS(=O)(=O)O)Oc2c(S(=O)(=O)O)c3c(cc2=C1c1ccccc1C(=O)O)C(C)CC(C)(C)N=3. The summed E-state index contributed by atoms with van der Waals surface area (Å²) in [7, 11) is -14.6. The second-order valence-electron chi connectivity index (χ2n) is 19.3. The first-order valence-electron chi connectivity index (χ1n) is 22.1. The number of sulfonamides is 1. The molecule has 0 aromatic heterocycles. The van der Waals surface area contributed by atoms with Crippen LogP contribution in [0.1, 0.15) is 149 Å². The van der Waals surface area contributed by atoms with Crippen LogP contribution in [0.25, 0.3) is 5.57 Å². The lowest BCUT2D eigenvalue weighted by Crippen LogP contribution is -2.39. The van der Waals surface area contributed by atoms with E-state index in [4.69, 9.17) is 14.6 Å². The van der Waals surface area contributed by atoms with Crippen LogP contribution in [-0.4, -0.2) is 97.0 Å². The van der Waals surface area contributed by atoms with Gasteiger partial charge in [-0.1, -0.05) is 52.3 Å². The lowest BCUT2D eigenvalue weighted by molar-refractivity contribution is -0.197. The highest BCUT2D eigenvalue weighted by atomic mass is 32.2. The molecule has 0 saturated carbocycles. The molecule has 2 amide bonds. The topological polar surface area (TPSA) is 269 Å². The van der Waals surface area contributed by atoms with Gasteiger partial charge in [0.1, 0.15) is 4.90 Å². The predicted octanol–water partition coefficient (Wildman–Crippen LogP) is 5.40. The summed E-state index contributed by atoms with van der Waals surface area (Å²) in [6, 6.07) is 9.43. The Hall–Kier alpha value is -5.06. The molecule has 0 bridgehead atoms. The van der Waals surface area contributed by atoms with Crippen molar-refractivity contribution in [2.24, 2.45) is 10.4 Å². The van der Waals surface area contributed by atoms with Gasteiger partial charge in [-0.25, -0.2) is 18.0 Å². The molecule has 1 aliphatic carbocycles. The number of amides is 2. The third kappa shape index (κ3) is 10.2. The number of hydrogen-bond acceptors (Lipinski definition) is 13. The van der Waals surface area contributed by atoms with Gasteiger partial charge in [-0.3, -0.25) is 23.7 Å². The zero-order valence-corrected chi connectivity index (χ0v) is 40.6. The molecule has 3 aromatic carbocycles. The van der Waals surface area contributed by atoms with Gasteiger partial charge >= 0.3 is 11.9 Å². The number of unbranched alkanes of at least 4 members (excludes halogenated alkanes) is 2. The van der Waals surface area contributed by atoms with Crippen LogP contribution in [0.15, 0.2) is 51.2 Å². The number of carboxylic acid groups (broad SMARTS) is 1. The molecule has 3 heterocycles. The Morgan fingerprint density at radius 2 is 1.48 bits per heavy atom. The number of imide groups is 1. The zero-order chi connectivity index (χ0) is 49.2. The number of ether oxygens (including phenoxy) is 1. The highest BCUT2D eigenvalue weighted by molar-refractivity contribution is 7.89. The van der Waals surface area contributed by atoms with E-state index in [9.17, 15) is 50.2 Å². The average molecular weight is 986 g/mol. The summed E-state index contributed by atoms with van der Waals surface area (Å²) in [6.07, 6.45) is 1.06. The lowest BCUT2D eigenvalue weighted by atomic mass is 9.69. The number of carbonyl (C=O) groups excluding carboxylic acids is 3. The highest BCUT2D eigenvalue weighted by Crippen LogP contribution is 2.52. The maximum atomic E-state index is 15.8. The van der Waals surface area contributed by atoms with Crippen molar-refractivity contribution in [3.8, 4) is 11.5 Å². The van der Waals surface area contributed by atoms with Crippen molar-refractivity contribution in [2.75, 3.05) is 18.8 Å². The first-order chi connectivity index (χ1) is 31.1. The fourth-order valence-electron chi connectivity index (χ4n) is 10.1. The number of aromatic carboxylic acids is 1.